The van der Waals surface area contributed by atoms with Crippen LogP contribution in [0.2, 0.25) is 10.0 Å². The smallest absolute Gasteiger partial charge is 0.319 e. The van der Waals surface area contributed by atoms with Crippen molar-refractivity contribution in [3.63, 3.8) is 0 Å². The molecule has 4 amide bonds. The summed E-state index contributed by atoms with van der Waals surface area (Å²) in [6.07, 6.45) is 1.87. The minimum Gasteiger partial charge on any atom is -0.350 e. The van der Waals surface area contributed by atoms with Crippen molar-refractivity contribution in [3.05, 3.63) is 58.1 Å². The Hall–Kier alpha value is -2.77. The van der Waals surface area contributed by atoms with Crippen LogP contribution in [0.1, 0.15) is 23.2 Å². The number of urea groups is 1. The van der Waals surface area contributed by atoms with Gasteiger partial charge in [-0.05, 0) is 55.3 Å². The Morgan fingerprint density at radius 1 is 0.828 bits per heavy atom. The number of carbonyl (C=O) groups is 3. The molecule has 0 atom stereocenters. The van der Waals surface area contributed by atoms with Crippen molar-refractivity contribution < 1.29 is 14.4 Å². The van der Waals surface area contributed by atoms with E-state index in [9.17, 15) is 14.4 Å². The number of amides is 4. The second kappa shape index (κ2) is 9.62. The number of hydrogen-bond donors (Lipinski definition) is 4. The summed E-state index contributed by atoms with van der Waals surface area (Å²) in [5, 5.41) is 11.5. The van der Waals surface area contributed by atoms with Crippen LogP contribution in [0.15, 0.2) is 42.5 Å². The van der Waals surface area contributed by atoms with Gasteiger partial charge in [0.1, 0.15) is 0 Å². The van der Waals surface area contributed by atoms with Gasteiger partial charge in [0.05, 0.1) is 10.0 Å². The highest BCUT2D eigenvalue weighted by Crippen LogP contribution is 2.30. The molecule has 1 fully saturated rings. The molecule has 7 nitrogen and oxygen atoms in total. The van der Waals surface area contributed by atoms with E-state index >= 15 is 0 Å². The number of nitrogens with one attached hydrogen (secondary N) is 4. The van der Waals surface area contributed by atoms with E-state index in [0.717, 1.165) is 12.8 Å². The van der Waals surface area contributed by atoms with E-state index in [0.29, 0.717) is 27.0 Å². The van der Waals surface area contributed by atoms with Crippen LogP contribution in [-0.4, -0.2) is 30.9 Å². The first-order valence-electron chi connectivity index (χ1n) is 9.11. The highest BCUT2D eigenvalue weighted by molar-refractivity contribution is 6.42. The summed E-state index contributed by atoms with van der Waals surface area (Å²) in [5.74, 6) is -0.122. The van der Waals surface area contributed by atoms with Crippen LogP contribution in [0.3, 0.4) is 0 Å². The number of hydrogen-bond acceptors (Lipinski definition) is 3. The SMILES string of the molecule is O=C(NCCNC(=O)c1ccc(NC(=O)C2CC2)cc1)Nc1ccc(Cl)c(Cl)c1. The number of benzene rings is 2. The van der Waals surface area contributed by atoms with Crippen molar-refractivity contribution in [2.45, 2.75) is 12.8 Å². The Balaban J connectivity index is 1.37. The van der Waals surface area contributed by atoms with Gasteiger partial charge < -0.3 is 21.3 Å². The van der Waals surface area contributed by atoms with Crippen LogP contribution in [0.4, 0.5) is 16.2 Å². The van der Waals surface area contributed by atoms with Crippen molar-refractivity contribution in [1.29, 1.82) is 0 Å². The Bertz CT molecular complexity index is 914. The summed E-state index contributed by atoms with van der Waals surface area (Å²) in [7, 11) is 0. The predicted octanol–water partition coefficient (Wildman–Crippen LogP) is 3.89. The molecule has 0 aromatic heterocycles. The first kappa shape index (κ1) is 21.0. The molecule has 152 valence electrons. The lowest BCUT2D eigenvalue weighted by Crippen LogP contribution is -2.36. The second-order valence-electron chi connectivity index (χ2n) is 6.61. The van der Waals surface area contributed by atoms with Crippen molar-refractivity contribution >= 4 is 52.4 Å². The molecule has 3 rings (SSSR count). The fraction of sp³-hybridized carbons (Fsp3) is 0.250. The fourth-order valence-corrected chi connectivity index (χ4v) is 2.80. The van der Waals surface area contributed by atoms with Crippen molar-refractivity contribution in [1.82, 2.24) is 10.6 Å². The molecule has 29 heavy (non-hydrogen) atoms. The molecule has 0 saturated heterocycles. The highest BCUT2D eigenvalue weighted by Gasteiger charge is 2.29. The standard InChI is InChI=1S/C20H20Cl2N4O3/c21-16-8-7-15(11-17(16)22)26-20(29)24-10-9-23-18(27)12-3-5-14(6-4-12)25-19(28)13-1-2-13/h3-8,11,13H,1-2,9-10H2,(H,23,27)(H,25,28)(H2,24,26,29). The van der Waals surface area contributed by atoms with Gasteiger partial charge in [-0.3, -0.25) is 9.59 Å². The Morgan fingerprint density at radius 2 is 1.48 bits per heavy atom. The number of carbonyl (C=O) groups excluding carboxylic acids is 3. The van der Waals surface area contributed by atoms with Gasteiger partial charge in [0.2, 0.25) is 5.91 Å². The molecule has 0 bridgehead atoms. The van der Waals surface area contributed by atoms with Gasteiger partial charge in [0.15, 0.2) is 0 Å². The summed E-state index contributed by atoms with van der Waals surface area (Å²) >= 11 is 11.7. The molecule has 9 heteroatoms. The Labute approximate surface area is 178 Å². The third-order valence-electron chi connectivity index (χ3n) is 4.24. The average Bonchev–Trinajstić information content (AvgIpc) is 3.54. The molecule has 0 radical (unpaired) electrons. The lowest BCUT2D eigenvalue weighted by molar-refractivity contribution is -0.117. The third-order valence-corrected chi connectivity index (χ3v) is 4.98. The first-order chi connectivity index (χ1) is 13.9. The van der Waals surface area contributed by atoms with Crippen LogP contribution >= 0.6 is 23.2 Å². The second-order valence-corrected chi connectivity index (χ2v) is 7.42. The van der Waals surface area contributed by atoms with Crippen LogP contribution in [0.25, 0.3) is 0 Å². The maximum atomic E-state index is 12.1. The molecule has 4 N–H and O–H groups in total. The van der Waals surface area contributed by atoms with Crippen LogP contribution in [0, 0.1) is 5.92 Å². The predicted molar refractivity (Wildman–Crippen MR) is 114 cm³/mol. The topological polar surface area (TPSA) is 99.3 Å². The zero-order valence-corrected chi connectivity index (χ0v) is 16.9. The molecule has 1 aliphatic carbocycles. The molecule has 0 unspecified atom stereocenters. The average molecular weight is 435 g/mol. The molecule has 0 heterocycles. The van der Waals surface area contributed by atoms with Crippen molar-refractivity contribution in [3.8, 4) is 0 Å². The fourth-order valence-electron chi connectivity index (χ4n) is 2.50. The number of anilines is 2. The molecule has 2 aromatic carbocycles. The molecule has 1 aliphatic rings. The lowest BCUT2D eigenvalue weighted by atomic mass is 10.2. The van der Waals surface area contributed by atoms with Gasteiger partial charge in [-0.2, -0.15) is 0 Å². The van der Waals surface area contributed by atoms with E-state index in [-0.39, 0.29) is 30.8 Å². The molecule has 2 aromatic rings. The maximum Gasteiger partial charge on any atom is 0.319 e. The van der Waals surface area contributed by atoms with Gasteiger partial charge >= 0.3 is 6.03 Å². The van der Waals surface area contributed by atoms with E-state index in [2.05, 4.69) is 21.3 Å². The number of halogens is 2. The Morgan fingerprint density at radius 3 is 2.14 bits per heavy atom. The molecule has 0 spiro atoms. The number of rotatable bonds is 7. The van der Waals surface area contributed by atoms with E-state index < -0.39 is 6.03 Å². The Kier molecular flexibility index (Phi) is 6.95. The minimum atomic E-state index is -0.423. The summed E-state index contributed by atoms with van der Waals surface area (Å²) in [5.41, 5.74) is 1.64. The van der Waals surface area contributed by atoms with Gasteiger partial charge in [-0.15, -0.1) is 0 Å². The van der Waals surface area contributed by atoms with Gasteiger partial charge in [-0.25, -0.2) is 4.79 Å². The van der Waals surface area contributed by atoms with Gasteiger partial charge in [0, 0.05) is 35.9 Å². The lowest BCUT2D eigenvalue weighted by Gasteiger charge is -2.10. The van der Waals surface area contributed by atoms with Crippen molar-refractivity contribution in [2.24, 2.45) is 5.92 Å². The quantitative estimate of drug-likeness (QED) is 0.497. The minimum absolute atomic E-state index is 0.0208. The normalized spacial score (nSPS) is 12.8. The van der Waals surface area contributed by atoms with Crippen LogP contribution in [-0.2, 0) is 4.79 Å². The van der Waals surface area contributed by atoms with E-state index in [1.165, 1.54) is 0 Å². The summed E-state index contributed by atoms with van der Waals surface area (Å²) in [4.78, 5) is 35.7. The summed E-state index contributed by atoms with van der Waals surface area (Å²) in [6.45, 7) is 0.502. The van der Waals surface area contributed by atoms with E-state index in [1.807, 2.05) is 0 Å². The van der Waals surface area contributed by atoms with E-state index in [1.54, 1.807) is 42.5 Å². The summed E-state index contributed by atoms with van der Waals surface area (Å²) in [6, 6.07) is 11.0. The first-order valence-corrected chi connectivity index (χ1v) is 9.87. The van der Waals surface area contributed by atoms with Crippen LogP contribution < -0.4 is 21.3 Å². The maximum absolute atomic E-state index is 12.1. The summed E-state index contributed by atoms with van der Waals surface area (Å²) < 4.78 is 0. The van der Waals surface area contributed by atoms with Crippen LogP contribution in [0.5, 0.6) is 0 Å². The van der Waals surface area contributed by atoms with Gasteiger partial charge in [0.25, 0.3) is 5.91 Å². The zero-order chi connectivity index (χ0) is 20.8. The molecular weight excluding hydrogens is 415 g/mol. The zero-order valence-electron chi connectivity index (χ0n) is 15.4. The molecule has 1 saturated carbocycles. The third kappa shape index (κ3) is 6.37. The monoisotopic (exact) mass is 434 g/mol. The highest BCUT2D eigenvalue weighted by atomic mass is 35.5. The largest absolute Gasteiger partial charge is 0.350 e. The molecule has 0 aliphatic heterocycles. The van der Waals surface area contributed by atoms with Crippen molar-refractivity contribution in [2.75, 3.05) is 23.7 Å². The molecular formula is C20H20Cl2N4O3. The van der Waals surface area contributed by atoms with E-state index in [4.69, 9.17) is 23.2 Å². The van der Waals surface area contributed by atoms with Gasteiger partial charge in [-0.1, -0.05) is 23.2 Å².